The standard InChI is InChI=1S/C12H15ClNO/c1-12(2)7-11(14(15)8-12)9-4-3-5-10(13)6-9/h3-6,15H,7-8H2,1-2H3/q+1. The molecule has 0 radical (unpaired) electrons. The second-order valence-electron chi connectivity index (χ2n) is 4.86. The summed E-state index contributed by atoms with van der Waals surface area (Å²) in [5, 5.41) is 10.5. The molecule has 2 nitrogen and oxygen atoms in total. The summed E-state index contributed by atoms with van der Waals surface area (Å²) in [7, 11) is 0. The maximum Gasteiger partial charge on any atom is 0.235 e. The van der Waals surface area contributed by atoms with Gasteiger partial charge in [0, 0.05) is 22.4 Å². The second kappa shape index (κ2) is 3.53. The SMILES string of the molecule is CC1(C)CC(c2cccc(Cl)c2)=[N+](O)C1. The fourth-order valence-corrected chi connectivity index (χ4v) is 2.21. The van der Waals surface area contributed by atoms with Crippen LogP contribution in [0.15, 0.2) is 24.3 Å². The molecule has 0 saturated heterocycles. The van der Waals surface area contributed by atoms with E-state index in [1.165, 1.54) is 4.74 Å². The van der Waals surface area contributed by atoms with E-state index in [0.717, 1.165) is 17.7 Å². The van der Waals surface area contributed by atoms with Crippen LogP contribution in [0.2, 0.25) is 5.02 Å². The zero-order chi connectivity index (χ0) is 11.1. The minimum atomic E-state index is 0.131. The molecule has 0 atom stereocenters. The first kappa shape index (κ1) is 10.5. The van der Waals surface area contributed by atoms with Gasteiger partial charge < -0.3 is 0 Å². The van der Waals surface area contributed by atoms with Crippen molar-refractivity contribution < 1.29 is 9.95 Å². The van der Waals surface area contributed by atoms with E-state index in [9.17, 15) is 5.21 Å². The van der Waals surface area contributed by atoms with Gasteiger partial charge in [0.1, 0.15) is 0 Å². The highest BCUT2D eigenvalue weighted by molar-refractivity contribution is 6.31. The van der Waals surface area contributed by atoms with Crippen LogP contribution in [0.25, 0.3) is 0 Å². The Morgan fingerprint density at radius 3 is 2.67 bits per heavy atom. The molecule has 15 heavy (non-hydrogen) atoms. The normalized spacial score (nSPS) is 19.7. The van der Waals surface area contributed by atoms with Gasteiger partial charge in [-0.2, -0.15) is 0 Å². The Morgan fingerprint density at radius 2 is 2.13 bits per heavy atom. The predicted octanol–water partition coefficient (Wildman–Crippen LogP) is 2.96. The van der Waals surface area contributed by atoms with Gasteiger partial charge >= 0.3 is 0 Å². The summed E-state index contributed by atoms with van der Waals surface area (Å²) in [5.41, 5.74) is 2.10. The van der Waals surface area contributed by atoms with Crippen molar-refractivity contribution in [2.24, 2.45) is 5.41 Å². The molecule has 0 amide bonds. The smallest absolute Gasteiger partial charge is 0.235 e. The van der Waals surface area contributed by atoms with Gasteiger partial charge in [-0.25, -0.2) is 0 Å². The summed E-state index contributed by atoms with van der Waals surface area (Å²) in [6, 6.07) is 7.62. The fourth-order valence-electron chi connectivity index (χ4n) is 2.02. The molecule has 0 aromatic heterocycles. The number of benzene rings is 1. The molecule has 2 rings (SSSR count). The van der Waals surface area contributed by atoms with E-state index in [1.807, 2.05) is 24.3 Å². The van der Waals surface area contributed by atoms with E-state index in [2.05, 4.69) is 13.8 Å². The predicted molar refractivity (Wildman–Crippen MR) is 60.9 cm³/mol. The topological polar surface area (TPSA) is 23.2 Å². The lowest BCUT2D eigenvalue weighted by molar-refractivity contribution is -0.774. The molecule has 0 unspecified atom stereocenters. The number of hydrogen-bond acceptors (Lipinski definition) is 1. The maximum absolute atomic E-state index is 9.82. The van der Waals surface area contributed by atoms with Crippen LogP contribution in [0, 0.1) is 5.41 Å². The fraction of sp³-hybridized carbons (Fsp3) is 0.417. The Kier molecular flexibility index (Phi) is 2.47. The van der Waals surface area contributed by atoms with Gasteiger partial charge in [0.25, 0.3) is 0 Å². The summed E-state index contributed by atoms with van der Waals surface area (Å²) >= 11 is 5.93. The molecule has 0 saturated carbocycles. The molecule has 0 bridgehead atoms. The zero-order valence-electron chi connectivity index (χ0n) is 9.00. The molecule has 1 N–H and O–H groups in total. The van der Waals surface area contributed by atoms with Crippen LogP contribution in [0.1, 0.15) is 25.8 Å². The van der Waals surface area contributed by atoms with Crippen molar-refractivity contribution in [1.29, 1.82) is 0 Å². The number of hydrogen-bond donors (Lipinski definition) is 1. The molecular weight excluding hydrogens is 210 g/mol. The van der Waals surface area contributed by atoms with E-state index in [-0.39, 0.29) is 5.41 Å². The zero-order valence-corrected chi connectivity index (χ0v) is 9.75. The molecule has 1 aliphatic heterocycles. The molecule has 3 heteroatoms. The van der Waals surface area contributed by atoms with Gasteiger partial charge in [0.15, 0.2) is 6.54 Å². The summed E-state index contributed by atoms with van der Waals surface area (Å²) in [6.07, 6.45) is 0.879. The summed E-state index contributed by atoms with van der Waals surface area (Å²) in [4.78, 5) is 0. The Morgan fingerprint density at radius 1 is 1.40 bits per heavy atom. The van der Waals surface area contributed by atoms with Crippen LogP contribution in [-0.4, -0.2) is 22.2 Å². The third-order valence-electron chi connectivity index (χ3n) is 2.69. The van der Waals surface area contributed by atoms with Gasteiger partial charge in [-0.05, 0) is 22.9 Å². The van der Waals surface area contributed by atoms with E-state index >= 15 is 0 Å². The van der Waals surface area contributed by atoms with E-state index in [0.29, 0.717) is 11.6 Å². The van der Waals surface area contributed by atoms with Crippen LogP contribution in [0.4, 0.5) is 0 Å². The third-order valence-corrected chi connectivity index (χ3v) is 2.93. The Balaban J connectivity index is 2.37. The number of halogens is 1. The van der Waals surface area contributed by atoms with Crippen LogP contribution in [0.3, 0.4) is 0 Å². The van der Waals surface area contributed by atoms with Crippen molar-refractivity contribution in [3.63, 3.8) is 0 Å². The van der Waals surface area contributed by atoms with Gasteiger partial charge in [-0.3, -0.25) is 5.21 Å². The van der Waals surface area contributed by atoms with E-state index < -0.39 is 0 Å². The van der Waals surface area contributed by atoms with Crippen LogP contribution >= 0.6 is 11.6 Å². The molecule has 1 heterocycles. The highest BCUT2D eigenvalue weighted by Gasteiger charge is 2.39. The quantitative estimate of drug-likeness (QED) is 0.575. The first-order chi connectivity index (χ1) is 6.98. The minimum absolute atomic E-state index is 0.131. The van der Waals surface area contributed by atoms with Crippen LogP contribution in [-0.2, 0) is 0 Å². The first-order valence-corrected chi connectivity index (χ1v) is 5.44. The highest BCUT2D eigenvalue weighted by atomic mass is 35.5. The van der Waals surface area contributed by atoms with E-state index in [4.69, 9.17) is 11.6 Å². The highest BCUT2D eigenvalue weighted by Crippen LogP contribution is 2.29. The van der Waals surface area contributed by atoms with Crippen LogP contribution in [0.5, 0.6) is 0 Å². The van der Waals surface area contributed by atoms with Crippen LogP contribution < -0.4 is 0 Å². The van der Waals surface area contributed by atoms with Crippen molar-refractivity contribution in [1.82, 2.24) is 0 Å². The van der Waals surface area contributed by atoms with Crippen molar-refractivity contribution in [2.45, 2.75) is 20.3 Å². The molecule has 0 spiro atoms. The van der Waals surface area contributed by atoms with Gasteiger partial charge in [-0.15, -0.1) is 0 Å². The lowest BCUT2D eigenvalue weighted by Gasteiger charge is -2.09. The number of nitrogens with zero attached hydrogens (tertiary/aromatic N) is 1. The maximum atomic E-state index is 9.82. The molecule has 80 valence electrons. The molecule has 1 aliphatic rings. The Hall–Kier alpha value is -1.02. The van der Waals surface area contributed by atoms with Gasteiger partial charge in [0.05, 0.1) is 0 Å². The van der Waals surface area contributed by atoms with Crippen molar-refractivity contribution in [3.05, 3.63) is 34.9 Å². The molecular formula is C12H15ClNO+. The Bertz CT molecular complexity index is 423. The molecule has 0 aliphatic carbocycles. The lowest BCUT2D eigenvalue weighted by atomic mass is 9.88. The van der Waals surface area contributed by atoms with Crippen molar-refractivity contribution >= 4 is 17.3 Å². The Labute approximate surface area is 94.8 Å². The molecule has 0 fully saturated rings. The number of hydroxylamine groups is 1. The summed E-state index contributed by atoms with van der Waals surface area (Å²) in [5.74, 6) is 0. The first-order valence-electron chi connectivity index (χ1n) is 5.06. The third kappa shape index (κ3) is 2.15. The second-order valence-corrected chi connectivity index (χ2v) is 5.29. The average Bonchev–Trinajstić information content (AvgIpc) is 2.40. The summed E-state index contributed by atoms with van der Waals surface area (Å²) < 4.78 is 1.34. The van der Waals surface area contributed by atoms with E-state index in [1.54, 1.807) is 0 Å². The van der Waals surface area contributed by atoms with Crippen molar-refractivity contribution in [2.75, 3.05) is 6.54 Å². The monoisotopic (exact) mass is 224 g/mol. The minimum Gasteiger partial charge on any atom is -0.291 e. The lowest BCUT2D eigenvalue weighted by Crippen LogP contribution is -2.16. The molecule has 1 aromatic carbocycles. The number of rotatable bonds is 1. The van der Waals surface area contributed by atoms with Crippen molar-refractivity contribution in [3.8, 4) is 0 Å². The van der Waals surface area contributed by atoms with Gasteiger partial charge in [0.2, 0.25) is 5.71 Å². The summed E-state index contributed by atoms with van der Waals surface area (Å²) in [6.45, 7) is 4.97. The van der Waals surface area contributed by atoms with Gasteiger partial charge in [-0.1, -0.05) is 31.5 Å². The average molecular weight is 225 g/mol. The largest absolute Gasteiger partial charge is 0.291 e. The molecule has 1 aromatic rings.